The van der Waals surface area contributed by atoms with E-state index >= 15 is 0 Å². The molecule has 3 heterocycles. The molecule has 0 aliphatic carbocycles. The lowest BCUT2D eigenvalue weighted by atomic mass is 9.72. The predicted molar refractivity (Wildman–Crippen MR) is 84.2 cm³/mol. The molecule has 0 radical (unpaired) electrons. The van der Waals surface area contributed by atoms with Crippen LogP contribution in [0, 0.1) is 11.3 Å². The largest absolute Gasteiger partial charge is 0.457 e. The maximum Gasteiger partial charge on any atom is 0.248 e. The predicted octanol–water partition coefficient (Wildman–Crippen LogP) is 0.457. The zero-order valence-corrected chi connectivity index (χ0v) is 12.7. The second-order valence-corrected chi connectivity index (χ2v) is 5.60. The van der Waals surface area contributed by atoms with Gasteiger partial charge in [0, 0.05) is 17.3 Å². The average molecular weight is 337 g/mol. The number of nitriles is 1. The number of para-hydroxylation sites is 1. The number of benzene rings is 1. The maximum atomic E-state index is 13.0. The van der Waals surface area contributed by atoms with Crippen LogP contribution in [0.25, 0.3) is 0 Å². The van der Waals surface area contributed by atoms with Gasteiger partial charge in [-0.15, -0.1) is 0 Å². The van der Waals surface area contributed by atoms with Gasteiger partial charge in [0.25, 0.3) is 0 Å². The van der Waals surface area contributed by atoms with Crippen LogP contribution in [0.3, 0.4) is 0 Å². The molecule has 1 spiro atoms. The van der Waals surface area contributed by atoms with Crippen molar-refractivity contribution in [1.29, 1.82) is 5.26 Å². The number of nitrogens with one attached hydrogen (secondary N) is 1. The summed E-state index contributed by atoms with van der Waals surface area (Å²) in [6.07, 6.45) is 0. The quantitative estimate of drug-likeness (QED) is 0.687. The van der Waals surface area contributed by atoms with Crippen molar-refractivity contribution in [3.63, 3.8) is 0 Å². The van der Waals surface area contributed by atoms with Crippen LogP contribution in [0.2, 0.25) is 0 Å². The number of hydrogen-bond acceptors (Lipinski definition) is 7. The summed E-state index contributed by atoms with van der Waals surface area (Å²) in [7, 11) is 0. The number of carbonyl (C=O) groups excluding carboxylic acids is 1. The topological polar surface area (TPSA) is 139 Å². The lowest BCUT2D eigenvalue weighted by Crippen LogP contribution is -2.43. The molecule has 2 aliphatic rings. The summed E-state index contributed by atoms with van der Waals surface area (Å²) in [4.78, 5) is 25.3. The molecule has 124 valence electrons. The third-order valence-corrected chi connectivity index (χ3v) is 4.32. The van der Waals surface area contributed by atoms with Gasteiger partial charge in [0.1, 0.15) is 24.0 Å². The fourth-order valence-electron chi connectivity index (χ4n) is 3.28. The number of anilines is 1. The SMILES string of the molecule is N#CC1=C(N)Oc2c(oc(CO)cc2=O)[C@]12C(=O)Nc1ccccc12. The molecule has 4 rings (SSSR count). The minimum Gasteiger partial charge on any atom is -0.457 e. The van der Waals surface area contributed by atoms with Crippen LogP contribution in [-0.4, -0.2) is 11.0 Å². The number of carbonyl (C=O) groups is 1. The Hall–Kier alpha value is -3.57. The second-order valence-electron chi connectivity index (χ2n) is 5.60. The summed E-state index contributed by atoms with van der Waals surface area (Å²) in [5.74, 6) is -1.43. The molecule has 0 saturated carbocycles. The number of nitrogens with two attached hydrogens (primary N) is 1. The number of fused-ring (bicyclic) bond motifs is 4. The molecular formula is C17H11N3O5. The molecule has 1 amide bonds. The molecule has 2 aromatic rings. The number of amides is 1. The van der Waals surface area contributed by atoms with Crippen molar-refractivity contribution in [3.05, 3.63) is 69.1 Å². The summed E-state index contributed by atoms with van der Waals surface area (Å²) >= 11 is 0. The molecule has 1 aromatic carbocycles. The normalized spacial score (nSPS) is 20.6. The van der Waals surface area contributed by atoms with Gasteiger partial charge < -0.3 is 25.3 Å². The molecule has 25 heavy (non-hydrogen) atoms. The first-order valence-electron chi connectivity index (χ1n) is 7.31. The Labute approximate surface area is 140 Å². The molecule has 4 N–H and O–H groups in total. The van der Waals surface area contributed by atoms with E-state index in [4.69, 9.17) is 14.9 Å². The minimum absolute atomic E-state index is 0.0540. The van der Waals surface area contributed by atoms with Crippen molar-refractivity contribution in [2.75, 3.05) is 5.32 Å². The third-order valence-electron chi connectivity index (χ3n) is 4.32. The smallest absolute Gasteiger partial charge is 0.248 e. The van der Waals surface area contributed by atoms with Crippen molar-refractivity contribution >= 4 is 11.6 Å². The summed E-state index contributed by atoms with van der Waals surface area (Å²) in [5, 5.41) is 21.7. The number of nitrogens with zero attached hydrogens (tertiary/aromatic N) is 1. The Bertz CT molecular complexity index is 1060. The fraction of sp³-hybridized carbons (Fsp3) is 0.118. The van der Waals surface area contributed by atoms with E-state index in [9.17, 15) is 20.0 Å². The van der Waals surface area contributed by atoms with E-state index in [0.29, 0.717) is 11.3 Å². The van der Waals surface area contributed by atoms with Gasteiger partial charge in [-0.05, 0) is 6.07 Å². The van der Waals surface area contributed by atoms with Crippen molar-refractivity contribution in [1.82, 2.24) is 0 Å². The van der Waals surface area contributed by atoms with Crippen LogP contribution in [-0.2, 0) is 16.8 Å². The molecule has 0 unspecified atom stereocenters. The van der Waals surface area contributed by atoms with E-state index in [0.717, 1.165) is 6.07 Å². The zero-order chi connectivity index (χ0) is 17.8. The van der Waals surface area contributed by atoms with Crippen LogP contribution in [0.4, 0.5) is 5.69 Å². The summed E-state index contributed by atoms with van der Waals surface area (Å²) in [6, 6.07) is 9.66. The zero-order valence-electron chi connectivity index (χ0n) is 12.7. The highest BCUT2D eigenvalue weighted by atomic mass is 16.5. The highest BCUT2D eigenvalue weighted by Gasteiger charge is 2.59. The van der Waals surface area contributed by atoms with Crippen LogP contribution in [0.5, 0.6) is 5.75 Å². The van der Waals surface area contributed by atoms with Crippen LogP contribution >= 0.6 is 0 Å². The molecule has 0 saturated heterocycles. The number of ether oxygens (including phenoxy) is 1. The number of rotatable bonds is 1. The van der Waals surface area contributed by atoms with Gasteiger partial charge in [-0.1, -0.05) is 18.2 Å². The first-order chi connectivity index (χ1) is 12.0. The molecule has 0 bridgehead atoms. The monoisotopic (exact) mass is 337 g/mol. The first kappa shape index (κ1) is 15.0. The van der Waals surface area contributed by atoms with Crippen molar-refractivity contribution in [3.8, 4) is 11.8 Å². The lowest BCUT2D eigenvalue weighted by Gasteiger charge is -2.31. The van der Waals surface area contributed by atoms with Crippen molar-refractivity contribution in [2.45, 2.75) is 12.0 Å². The molecule has 2 aliphatic heterocycles. The lowest BCUT2D eigenvalue weighted by molar-refractivity contribution is -0.119. The molecular weight excluding hydrogens is 326 g/mol. The average Bonchev–Trinajstić information content (AvgIpc) is 2.89. The molecule has 8 nitrogen and oxygen atoms in total. The minimum atomic E-state index is -1.74. The Balaban J connectivity index is 2.19. The highest BCUT2D eigenvalue weighted by Crippen LogP contribution is 2.52. The fourth-order valence-corrected chi connectivity index (χ4v) is 3.28. The van der Waals surface area contributed by atoms with Crippen LogP contribution < -0.4 is 21.2 Å². The van der Waals surface area contributed by atoms with Gasteiger partial charge in [0.15, 0.2) is 11.2 Å². The van der Waals surface area contributed by atoms with Gasteiger partial charge in [-0.2, -0.15) is 5.26 Å². The van der Waals surface area contributed by atoms with E-state index in [-0.39, 0.29) is 28.7 Å². The maximum absolute atomic E-state index is 13.0. The van der Waals surface area contributed by atoms with Gasteiger partial charge in [0.2, 0.25) is 23.0 Å². The van der Waals surface area contributed by atoms with Gasteiger partial charge >= 0.3 is 0 Å². The van der Waals surface area contributed by atoms with Crippen LogP contribution in [0.15, 0.2) is 51.0 Å². The van der Waals surface area contributed by atoms with E-state index < -0.39 is 23.4 Å². The Morgan fingerprint density at radius 3 is 2.80 bits per heavy atom. The Morgan fingerprint density at radius 1 is 1.32 bits per heavy atom. The molecule has 1 aromatic heterocycles. The summed E-state index contributed by atoms with van der Waals surface area (Å²) in [6.45, 7) is -0.553. The molecule has 1 atom stereocenters. The van der Waals surface area contributed by atoms with Crippen molar-refractivity contribution < 1.29 is 19.1 Å². The van der Waals surface area contributed by atoms with Crippen LogP contribution in [0.1, 0.15) is 17.1 Å². The van der Waals surface area contributed by atoms with Gasteiger partial charge in [-0.3, -0.25) is 9.59 Å². The standard InChI is InChI=1S/C17H11N3O5/c18-6-10-15(19)25-13-12(22)5-8(7-21)24-14(13)17(10)9-3-1-2-4-11(9)20-16(17)23/h1-5,21H,7,19H2,(H,20,23)/t17-/m1/s1. The summed E-state index contributed by atoms with van der Waals surface area (Å²) in [5.41, 5.74) is 4.20. The molecule has 0 fully saturated rings. The van der Waals surface area contributed by atoms with Gasteiger partial charge in [-0.25, -0.2) is 0 Å². The van der Waals surface area contributed by atoms with Gasteiger partial charge in [0.05, 0.1) is 0 Å². The molecule has 8 heteroatoms. The Kier molecular flexibility index (Phi) is 2.97. The number of aliphatic hydroxyl groups excluding tert-OH is 1. The van der Waals surface area contributed by atoms with Crippen molar-refractivity contribution in [2.24, 2.45) is 5.73 Å². The third kappa shape index (κ3) is 1.72. The van der Waals surface area contributed by atoms with E-state index in [2.05, 4.69) is 5.32 Å². The van der Waals surface area contributed by atoms with E-state index in [1.165, 1.54) is 0 Å². The van der Waals surface area contributed by atoms with E-state index in [1.807, 2.05) is 6.07 Å². The Morgan fingerprint density at radius 2 is 2.08 bits per heavy atom. The number of hydrogen-bond donors (Lipinski definition) is 3. The van der Waals surface area contributed by atoms with E-state index in [1.54, 1.807) is 24.3 Å². The number of aliphatic hydroxyl groups is 1. The summed E-state index contributed by atoms with van der Waals surface area (Å²) < 4.78 is 10.9. The first-order valence-corrected chi connectivity index (χ1v) is 7.31. The second kappa shape index (κ2) is 4.96. The highest BCUT2D eigenvalue weighted by molar-refractivity contribution is 6.12.